The van der Waals surface area contributed by atoms with Crippen LogP contribution in [0.15, 0.2) is 51.6 Å². The molecule has 34 heavy (non-hydrogen) atoms. The molecule has 182 valence electrons. The van der Waals surface area contributed by atoms with Crippen LogP contribution in [0.3, 0.4) is 0 Å². The highest BCUT2D eigenvalue weighted by Gasteiger charge is 2.41. The molecule has 1 fully saturated rings. The topological polar surface area (TPSA) is 74.2 Å². The number of aryl methyl sites for hydroxylation is 1. The fourth-order valence-electron chi connectivity index (χ4n) is 4.66. The highest BCUT2D eigenvalue weighted by molar-refractivity contribution is 8.16. The maximum Gasteiger partial charge on any atom is 0.338 e. The van der Waals surface area contributed by atoms with E-state index in [1.54, 1.807) is 0 Å². The molecule has 1 N–H and O–H groups in total. The molecule has 0 aromatic heterocycles. The molecule has 1 atom stereocenters. The normalized spacial score (nSPS) is 21.4. The maximum atomic E-state index is 13.2. The molecule has 1 amide bonds. The van der Waals surface area contributed by atoms with Crippen LogP contribution in [0, 0.1) is 6.92 Å². The Kier molecular flexibility index (Phi) is 7.48. The summed E-state index contributed by atoms with van der Waals surface area (Å²) in [6.07, 6.45) is 1.93. The molecule has 8 heteroatoms. The van der Waals surface area contributed by atoms with E-state index in [9.17, 15) is 9.59 Å². The van der Waals surface area contributed by atoms with Gasteiger partial charge >= 0.3 is 5.97 Å². The molecule has 4 rings (SSSR count). The SMILES string of the molecule is CC1=C(C(=O)OC(C)C)[C@@H](c2cccc(C)c2)N2C(CC(=O)NC3CCN(C)CC3)=CSC2=N1. The van der Waals surface area contributed by atoms with Gasteiger partial charge in [0.1, 0.15) is 0 Å². The third-order valence-electron chi connectivity index (χ3n) is 6.35. The van der Waals surface area contributed by atoms with E-state index in [0.29, 0.717) is 11.3 Å². The molecular weight excluding hydrogens is 448 g/mol. The second-order valence-electron chi connectivity index (χ2n) is 9.58. The Balaban J connectivity index is 1.61. The van der Waals surface area contributed by atoms with Crippen LogP contribution in [0.4, 0.5) is 0 Å². The number of hydrogen-bond acceptors (Lipinski definition) is 7. The number of ether oxygens (including phenoxy) is 1. The average molecular weight is 483 g/mol. The molecule has 1 aromatic carbocycles. The van der Waals surface area contributed by atoms with Gasteiger partial charge in [-0.15, -0.1) is 0 Å². The van der Waals surface area contributed by atoms with Crippen molar-refractivity contribution >= 4 is 28.8 Å². The minimum absolute atomic E-state index is 0.00299. The lowest BCUT2D eigenvalue weighted by atomic mass is 9.93. The smallest absolute Gasteiger partial charge is 0.338 e. The Morgan fingerprint density at radius 1 is 1.24 bits per heavy atom. The van der Waals surface area contributed by atoms with Crippen molar-refractivity contribution in [2.45, 2.75) is 65.1 Å². The summed E-state index contributed by atoms with van der Waals surface area (Å²) in [4.78, 5) is 35.3. The number of fused-ring (bicyclic) bond motifs is 1. The van der Waals surface area contributed by atoms with Crippen molar-refractivity contribution in [3.8, 4) is 0 Å². The number of esters is 1. The van der Waals surface area contributed by atoms with E-state index < -0.39 is 6.04 Å². The van der Waals surface area contributed by atoms with Gasteiger partial charge in [0, 0.05) is 11.7 Å². The number of amidine groups is 1. The van der Waals surface area contributed by atoms with E-state index in [1.165, 1.54) is 11.8 Å². The maximum absolute atomic E-state index is 13.2. The monoisotopic (exact) mass is 482 g/mol. The Morgan fingerprint density at radius 2 is 1.97 bits per heavy atom. The van der Waals surface area contributed by atoms with E-state index in [2.05, 4.69) is 23.3 Å². The standard InChI is InChI=1S/C26H34N4O3S/c1-16(2)33-25(32)23-18(4)27-26-30(24(23)19-8-6-7-17(3)13-19)21(15-34-26)14-22(31)28-20-9-11-29(5)12-10-20/h6-8,13,15-16,20,24H,9-12,14H2,1-5H3,(H,28,31)/t24-/m1/s1. The number of nitrogens with zero attached hydrogens (tertiary/aromatic N) is 3. The second kappa shape index (κ2) is 10.4. The number of allylic oxidation sites excluding steroid dienone is 1. The number of hydrogen-bond donors (Lipinski definition) is 1. The zero-order valence-corrected chi connectivity index (χ0v) is 21.4. The number of likely N-dealkylation sites (tertiary alicyclic amines) is 1. The zero-order valence-electron chi connectivity index (χ0n) is 20.6. The number of nitrogens with one attached hydrogen (secondary N) is 1. The molecule has 3 heterocycles. The number of benzene rings is 1. The van der Waals surface area contributed by atoms with Gasteiger partial charge in [0.05, 0.1) is 29.8 Å². The lowest BCUT2D eigenvalue weighted by Gasteiger charge is -2.37. The summed E-state index contributed by atoms with van der Waals surface area (Å²) in [6.45, 7) is 9.57. The first kappa shape index (κ1) is 24.5. The van der Waals surface area contributed by atoms with Crippen molar-refractivity contribution in [3.05, 3.63) is 57.8 Å². The van der Waals surface area contributed by atoms with Crippen LogP contribution in [0.2, 0.25) is 0 Å². The first-order chi connectivity index (χ1) is 16.2. The van der Waals surface area contributed by atoms with Crippen LogP contribution in [0.5, 0.6) is 0 Å². The fourth-order valence-corrected chi connectivity index (χ4v) is 5.62. The van der Waals surface area contributed by atoms with Crippen LogP contribution < -0.4 is 5.32 Å². The van der Waals surface area contributed by atoms with Gasteiger partial charge in [-0.1, -0.05) is 41.6 Å². The molecule has 0 saturated carbocycles. The van der Waals surface area contributed by atoms with Gasteiger partial charge in [-0.3, -0.25) is 4.79 Å². The van der Waals surface area contributed by atoms with Crippen LogP contribution in [-0.4, -0.2) is 59.1 Å². The van der Waals surface area contributed by atoms with Gasteiger partial charge in [0.25, 0.3) is 0 Å². The third-order valence-corrected chi connectivity index (χ3v) is 7.24. The summed E-state index contributed by atoms with van der Waals surface area (Å²) in [7, 11) is 2.11. The van der Waals surface area contributed by atoms with Crippen LogP contribution in [0.25, 0.3) is 0 Å². The summed E-state index contributed by atoms with van der Waals surface area (Å²) in [5.41, 5.74) is 4.11. The molecule has 0 unspecified atom stereocenters. The number of aliphatic imine (C=N–C) groups is 1. The van der Waals surface area contributed by atoms with Crippen LogP contribution in [-0.2, 0) is 14.3 Å². The lowest BCUT2D eigenvalue weighted by molar-refractivity contribution is -0.143. The molecular formula is C26H34N4O3S. The summed E-state index contributed by atoms with van der Waals surface area (Å²) < 4.78 is 5.61. The van der Waals surface area contributed by atoms with Crippen molar-refractivity contribution in [2.75, 3.05) is 20.1 Å². The molecule has 0 radical (unpaired) electrons. The predicted molar refractivity (Wildman–Crippen MR) is 136 cm³/mol. The van der Waals surface area contributed by atoms with Crippen molar-refractivity contribution in [2.24, 2.45) is 4.99 Å². The van der Waals surface area contributed by atoms with E-state index in [-0.39, 0.29) is 30.4 Å². The van der Waals surface area contributed by atoms with E-state index in [1.807, 2.05) is 56.2 Å². The largest absolute Gasteiger partial charge is 0.459 e. The van der Waals surface area contributed by atoms with E-state index in [0.717, 1.165) is 47.9 Å². The minimum atomic E-state index is -0.393. The van der Waals surface area contributed by atoms with Gasteiger partial charge in [-0.2, -0.15) is 0 Å². The number of rotatable bonds is 6. The summed E-state index contributed by atoms with van der Waals surface area (Å²) in [5.74, 6) is -0.364. The van der Waals surface area contributed by atoms with E-state index in [4.69, 9.17) is 9.73 Å². The Bertz CT molecular complexity index is 1050. The predicted octanol–water partition coefficient (Wildman–Crippen LogP) is 4.12. The quantitative estimate of drug-likeness (QED) is 0.615. The fraction of sp³-hybridized carbons (Fsp3) is 0.500. The average Bonchev–Trinajstić information content (AvgIpc) is 3.15. The molecule has 1 aromatic rings. The van der Waals surface area contributed by atoms with Gasteiger partial charge in [-0.25, -0.2) is 9.79 Å². The van der Waals surface area contributed by atoms with Crippen molar-refractivity contribution in [3.63, 3.8) is 0 Å². The molecule has 0 spiro atoms. The minimum Gasteiger partial charge on any atom is -0.459 e. The summed E-state index contributed by atoms with van der Waals surface area (Å²) in [5, 5.41) is 5.98. The summed E-state index contributed by atoms with van der Waals surface area (Å²) >= 11 is 1.50. The highest BCUT2D eigenvalue weighted by Crippen LogP contribution is 2.45. The molecule has 7 nitrogen and oxygen atoms in total. The van der Waals surface area contributed by atoms with Crippen LogP contribution >= 0.6 is 11.8 Å². The number of carbonyl (C=O) groups excluding carboxylic acids is 2. The third kappa shape index (κ3) is 5.39. The van der Waals surface area contributed by atoms with Crippen LogP contribution in [0.1, 0.15) is 57.2 Å². The number of carbonyl (C=O) groups is 2. The first-order valence-electron chi connectivity index (χ1n) is 11.9. The first-order valence-corrected chi connectivity index (χ1v) is 12.8. The Morgan fingerprint density at radius 3 is 2.65 bits per heavy atom. The van der Waals surface area contributed by atoms with Crippen molar-refractivity contribution < 1.29 is 14.3 Å². The molecule has 1 saturated heterocycles. The molecule has 3 aliphatic heterocycles. The number of piperidine rings is 1. The molecule has 3 aliphatic rings. The van der Waals surface area contributed by atoms with Gasteiger partial charge in [0.15, 0.2) is 5.17 Å². The zero-order chi connectivity index (χ0) is 24.4. The summed E-state index contributed by atoms with van der Waals surface area (Å²) in [6, 6.07) is 7.96. The van der Waals surface area contributed by atoms with Crippen molar-refractivity contribution in [1.82, 2.24) is 15.1 Å². The van der Waals surface area contributed by atoms with Gasteiger partial charge in [0.2, 0.25) is 5.91 Å². The lowest BCUT2D eigenvalue weighted by Crippen LogP contribution is -2.44. The highest BCUT2D eigenvalue weighted by atomic mass is 32.2. The number of amides is 1. The Hall–Kier alpha value is -2.58. The molecule has 0 bridgehead atoms. The molecule has 0 aliphatic carbocycles. The Labute approximate surface area is 206 Å². The van der Waals surface area contributed by atoms with Gasteiger partial charge < -0.3 is 19.9 Å². The van der Waals surface area contributed by atoms with E-state index >= 15 is 0 Å². The number of thioether (sulfide) groups is 1. The van der Waals surface area contributed by atoms with Crippen molar-refractivity contribution in [1.29, 1.82) is 0 Å². The van der Waals surface area contributed by atoms with Gasteiger partial charge in [-0.05, 0) is 71.6 Å². The second-order valence-corrected chi connectivity index (χ2v) is 10.4.